The average Bonchev–Trinajstić information content (AvgIpc) is 3.14. The number of pyridine rings is 1. The molecule has 0 saturated carbocycles. The summed E-state index contributed by atoms with van der Waals surface area (Å²) in [6.07, 6.45) is 4.21. The van der Waals surface area contributed by atoms with E-state index in [9.17, 15) is 9.59 Å². The molecule has 8 heteroatoms. The third-order valence-corrected chi connectivity index (χ3v) is 4.79. The maximum absolute atomic E-state index is 12.2. The van der Waals surface area contributed by atoms with Gasteiger partial charge in [-0.1, -0.05) is 36.0 Å². The predicted octanol–water partition coefficient (Wildman–Crippen LogP) is 3.19. The first kappa shape index (κ1) is 18.9. The van der Waals surface area contributed by atoms with Crippen LogP contribution in [0.25, 0.3) is 10.9 Å². The van der Waals surface area contributed by atoms with Gasteiger partial charge in [0.05, 0.1) is 16.9 Å². The van der Waals surface area contributed by atoms with Crippen molar-refractivity contribution >= 4 is 39.9 Å². The van der Waals surface area contributed by atoms with Gasteiger partial charge in [0.2, 0.25) is 5.91 Å². The van der Waals surface area contributed by atoms with Gasteiger partial charge in [-0.2, -0.15) is 0 Å². The molecule has 2 amide bonds. The lowest BCUT2D eigenvalue weighted by molar-refractivity contribution is -0.116. The van der Waals surface area contributed by atoms with Gasteiger partial charge >= 0.3 is 0 Å². The van der Waals surface area contributed by atoms with Gasteiger partial charge in [0, 0.05) is 24.5 Å². The van der Waals surface area contributed by atoms with Gasteiger partial charge in [0.25, 0.3) is 5.91 Å². The fraction of sp³-hybridized carbons (Fsp3) is 0.316. The van der Waals surface area contributed by atoms with Crippen LogP contribution in [-0.4, -0.2) is 32.9 Å². The molecule has 27 heavy (non-hydrogen) atoms. The number of rotatable bonds is 8. The number of anilines is 1. The van der Waals surface area contributed by atoms with Crippen LogP contribution in [-0.2, 0) is 11.2 Å². The van der Waals surface area contributed by atoms with Crippen LogP contribution in [0.5, 0.6) is 0 Å². The van der Waals surface area contributed by atoms with Gasteiger partial charge in [-0.3, -0.25) is 14.6 Å². The van der Waals surface area contributed by atoms with E-state index in [4.69, 9.17) is 0 Å². The predicted molar refractivity (Wildman–Crippen MR) is 106 cm³/mol. The van der Waals surface area contributed by atoms with E-state index in [1.807, 2.05) is 37.3 Å². The SMILES string of the molecule is CCCc1nnsc1C(=O)NCCCC(=O)Nc1cccc2cccnc12. The van der Waals surface area contributed by atoms with Crippen molar-refractivity contribution in [2.24, 2.45) is 0 Å². The molecule has 0 aliphatic rings. The number of amides is 2. The number of fused-ring (bicyclic) bond motifs is 1. The molecule has 0 aliphatic carbocycles. The summed E-state index contributed by atoms with van der Waals surface area (Å²) in [5, 5.41) is 10.7. The number of carbonyl (C=O) groups excluding carboxylic acids is 2. The minimum absolute atomic E-state index is 0.103. The summed E-state index contributed by atoms with van der Waals surface area (Å²) >= 11 is 1.11. The van der Waals surface area contributed by atoms with E-state index in [0.29, 0.717) is 30.0 Å². The first-order valence-electron chi connectivity index (χ1n) is 8.92. The van der Waals surface area contributed by atoms with Crippen molar-refractivity contribution in [3.05, 3.63) is 47.1 Å². The topological polar surface area (TPSA) is 96.9 Å². The molecule has 1 aromatic carbocycles. The van der Waals surface area contributed by atoms with Crippen LogP contribution in [0, 0.1) is 0 Å². The van der Waals surface area contributed by atoms with E-state index in [0.717, 1.165) is 41.0 Å². The summed E-state index contributed by atoms with van der Waals surface area (Å²) in [5.41, 5.74) is 2.20. The lowest BCUT2D eigenvalue weighted by Gasteiger charge is -2.08. The van der Waals surface area contributed by atoms with Crippen molar-refractivity contribution in [1.82, 2.24) is 19.9 Å². The lowest BCUT2D eigenvalue weighted by atomic mass is 10.2. The molecule has 3 rings (SSSR count). The van der Waals surface area contributed by atoms with Gasteiger partial charge in [-0.05, 0) is 36.5 Å². The molecule has 2 aromatic heterocycles. The second-order valence-corrected chi connectivity index (χ2v) is 6.84. The summed E-state index contributed by atoms with van der Waals surface area (Å²) < 4.78 is 3.85. The van der Waals surface area contributed by atoms with Crippen molar-refractivity contribution in [2.75, 3.05) is 11.9 Å². The van der Waals surface area contributed by atoms with Crippen LogP contribution >= 0.6 is 11.5 Å². The summed E-state index contributed by atoms with van der Waals surface area (Å²) in [6.45, 7) is 2.45. The molecule has 0 atom stereocenters. The monoisotopic (exact) mass is 383 g/mol. The number of benzene rings is 1. The number of nitrogens with zero attached hydrogens (tertiary/aromatic N) is 3. The zero-order valence-electron chi connectivity index (χ0n) is 15.1. The summed E-state index contributed by atoms with van der Waals surface area (Å²) in [5.74, 6) is -0.277. The molecule has 0 bridgehead atoms. The number of carbonyl (C=O) groups is 2. The Hall–Kier alpha value is -2.87. The molecule has 7 nitrogen and oxygen atoms in total. The zero-order valence-corrected chi connectivity index (χ0v) is 15.9. The average molecular weight is 383 g/mol. The largest absolute Gasteiger partial charge is 0.351 e. The number of hydrogen-bond acceptors (Lipinski definition) is 6. The quantitative estimate of drug-likeness (QED) is 0.582. The molecule has 0 fully saturated rings. The molecule has 140 valence electrons. The van der Waals surface area contributed by atoms with Crippen molar-refractivity contribution in [2.45, 2.75) is 32.6 Å². The smallest absolute Gasteiger partial charge is 0.264 e. The Bertz CT molecular complexity index is 935. The first-order chi connectivity index (χ1) is 13.2. The van der Waals surface area contributed by atoms with E-state index < -0.39 is 0 Å². The Labute approximate surface area is 161 Å². The maximum atomic E-state index is 12.2. The number of para-hydroxylation sites is 1. The standard InChI is InChI=1S/C19H21N5O2S/c1-2-6-15-18(27-24-23-15)19(26)21-12-5-10-16(25)22-14-9-3-7-13-8-4-11-20-17(13)14/h3-4,7-9,11H,2,5-6,10,12H2,1H3,(H,21,26)(H,22,25). The number of aryl methyl sites for hydroxylation is 1. The van der Waals surface area contributed by atoms with E-state index in [2.05, 4.69) is 25.2 Å². The van der Waals surface area contributed by atoms with E-state index in [-0.39, 0.29) is 11.8 Å². The highest BCUT2D eigenvalue weighted by atomic mass is 32.1. The Kier molecular flexibility index (Phi) is 6.43. The Morgan fingerprint density at radius 3 is 2.89 bits per heavy atom. The van der Waals surface area contributed by atoms with Crippen LogP contribution in [0.1, 0.15) is 41.6 Å². The molecule has 0 unspecified atom stereocenters. The molecular formula is C19H21N5O2S. The van der Waals surface area contributed by atoms with Crippen molar-refractivity contribution in [3.8, 4) is 0 Å². The van der Waals surface area contributed by atoms with Crippen LogP contribution < -0.4 is 10.6 Å². The molecule has 0 spiro atoms. The van der Waals surface area contributed by atoms with Crippen molar-refractivity contribution < 1.29 is 9.59 Å². The summed E-state index contributed by atoms with van der Waals surface area (Å²) in [4.78, 5) is 29.3. The van der Waals surface area contributed by atoms with Gasteiger partial charge in [-0.25, -0.2) is 0 Å². The van der Waals surface area contributed by atoms with Crippen LogP contribution in [0.4, 0.5) is 5.69 Å². The van der Waals surface area contributed by atoms with Gasteiger partial charge in [0.1, 0.15) is 4.88 Å². The number of nitrogens with one attached hydrogen (secondary N) is 2. The maximum Gasteiger partial charge on any atom is 0.264 e. The Morgan fingerprint density at radius 2 is 2.04 bits per heavy atom. The summed E-state index contributed by atoms with van der Waals surface area (Å²) in [6, 6.07) is 9.49. The van der Waals surface area contributed by atoms with Crippen molar-refractivity contribution in [3.63, 3.8) is 0 Å². The normalized spacial score (nSPS) is 10.7. The number of hydrogen-bond donors (Lipinski definition) is 2. The fourth-order valence-electron chi connectivity index (χ4n) is 2.73. The Balaban J connectivity index is 1.47. The van der Waals surface area contributed by atoms with E-state index >= 15 is 0 Å². The number of aromatic nitrogens is 3. The van der Waals surface area contributed by atoms with E-state index in [1.54, 1.807) is 6.20 Å². The van der Waals surface area contributed by atoms with Crippen LogP contribution in [0.3, 0.4) is 0 Å². The molecule has 3 aromatic rings. The second-order valence-electron chi connectivity index (χ2n) is 6.09. The lowest BCUT2D eigenvalue weighted by Crippen LogP contribution is -2.25. The van der Waals surface area contributed by atoms with Crippen LogP contribution in [0.2, 0.25) is 0 Å². The molecule has 0 aliphatic heterocycles. The van der Waals surface area contributed by atoms with Gasteiger partial charge < -0.3 is 10.6 Å². The molecular weight excluding hydrogens is 362 g/mol. The minimum Gasteiger partial charge on any atom is -0.351 e. The third kappa shape index (κ3) is 4.85. The first-order valence-corrected chi connectivity index (χ1v) is 9.69. The molecule has 0 radical (unpaired) electrons. The molecule has 2 N–H and O–H groups in total. The Morgan fingerprint density at radius 1 is 1.19 bits per heavy atom. The van der Waals surface area contributed by atoms with Crippen LogP contribution in [0.15, 0.2) is 36.5 Å². The zero-order chi connectivity index (χ0) is 19.1. The summed E-state index contributed by atoms with van der Waals surface area (Å²) in [7, 11) is 0. The highest BCUT2D eigenvalue weighted by molar-refractivity contribution is 7.08. The molecule has 0 saturated heterocycles. The van der Waals surface area contributed by atoms with E-state index in [1.165, 1.54) is 0 Å². The van der Waals surface area contributed by atoms with Crippen molar-refractivity contribution in [1.29, 1.82) is 0 Å². The highest BCUT2D eigenvalue weighted by Crippen LogP contribution is 2.20. The third-order valence-electron chi connectivity index (χ3n) is 4.02. The fourth-order valence-corrected chi connectivity index (χ4v) is 3.35. The minimum atomic E-state index is -0.174. The molecule has 2 heterocycles. The highest BCUT2D eigenvalue weighted by Gasteiger charge is 2.15. The van der Waals surface area contributed by atoms with Gasteiger partial charge in [-0.15, -0.1) is 5.10 Å². The second kappa shape index (κ2) is 9.18. The van der Waals surface area contributed by atoms with Gasteiger partial charge in [0.15, 0.2) is 0 Å².